The molecular weight excluding hydrogens is 371 g/mol. The van der Waals surface area contributed by atoms with E-state index in [1.807, 2.05) is 6.07 Å². The highest BCUT2D eigenvalue weighted by molar-refractivity contribution is 14.1. The van der Waals surface area contributed by atoms with E-state index >= 15 is 0 Å². The van der Waals surface area contributed by atoms with Crippen molar-refractivity contribution in [2.45, 2.75) is 38.0 Å². The fourth-order valence-corrected chi connectivity index (χ4v) is 4.06. The molecule has 1 fully saturated rings. The lowest BCUT2D eigenvalue weighted by atomic mass is 10.0. The van der Waals surface area contributed by atoms with Crippen molar-refractivity contribution in [2.75, 3.05) is 0 Å². The second-order valence-electron chi connectivity index (χ2n) is 4.95. The van der Waals surface area contributed by atoms with Gasteiger partial charge in [-0.1, -0.05) is 18.9 Å². The Morgan fingerprint density at radius 1 is 1.42 bits per heavy atom. The van der Waals surface area contributed by atoms with Crippen molar-refractivity contribution in [3.63, 3.8) is 0 Å². The number of aromatic nitrogens is 2. The zero-order chi connectivity index (χ0) is 13.2. The molecule has 19 heavy (non-hydrogen) atoms. The first-order chi connectivity index (χ1) is 9.24. The van der Waals surface area contributed by atoms with Crippen LogP contribution in [0.4, 0.5) is 0 Å². The van der Waals surface area contributed by atoms with Crippen LogP contribution in [0.2, 0.25) is 0 Å². The second-order valence-corrected chi connectivity index (χ2v) is 7.06. The van der Waals surface area contributed by atoms with Crippen molar-refractivity contribution in [1.82, 2.24) is 9.97 Å². The molecule has 0 saturated heterocycles. The van der Waals surface area contributed by atoms with Crippen LogP contribution in [0.5, 0.6) is 0 Å². The van der Waals surface area contributed by atoms with Crippen LogP contribution in [0.25, 0.3) is 0 Å². The average molecular weight is 386 g/mol. The largest absolute Gasteiger partial charge is 0.309 e. The van der Waals surface area contributed by atoms with Crippen LogP contribution in [-0.2, 0) is 6.42 Å². The summed E-state index contributed by atoms with van der Waals surface area (Å²) in [6.07, 6.45) is 5.59. The zero-order valence-corrected chi connectivity index (χ0v) is 13.5. The Bertz CT molecular complexity index is 615. The minimum atomic E-state index is 0.0176. The summed E-state index contributed by atoms with van der Waals surface area (Å²) in [5, 5.41) is 2.05. The molecule has 0 atom stereocenters. The molecule has 1 aliphatic carbocycles. The van der Waals surface area contributed by atoms with Gasteiger partial charge < -0.3 is 4.98 Å². The van der Waals surface area contributed by atoms with Gasteiger partial charge in [-0.25, -0.2) is 4.98 Å². The number of aromatic amines is 1. The van der Waals surface area contributed by atoms with Gasteiger partial charge in [-0.05, 0) is 46.9 Å². The molecule has 0 unspecified atom stereocenters. The van der Waals surface area contributed by atoms with Crippen LogP contribution >= 0.6 is 33.9 Å². The van der Waals surface area contributed by atoms with Crippen LogP contribution in [0.15, 0.2) is 22.3 Å². The summed E-state index contributed by atoms with van der Waals surface area (Å²) in [6.45, 7) is 0. The van der Waals surface area contributed by atoms with E-state index < -0.39 is 0 Å². The molecule has 5 heteroatoms. The van der Waals surface area contributed by atoms with E-state index in [-0.39, 0.29) is 5.56 Å². The highest BCUT2D eigenvalue weighted by Crippen LogP contribution is 2.34. The van der Waals surface area contributed by atoms with Gasteiger partial charge in [-0.2, -0.15) is 0 Å². The Kier molecular flexibility index (Phi) is 4.02. The van der Waals surface area contributed by atoms with Crippen molar-refractivity contribution in [2.24, 2.45) is 0 Å². The molecule has 1 N–H and O–H groups in total. The molecule has 3 nitrogen and oxygen atoms in total. The van der Waals surface area contributed by atoms with E-state index in [0.717, 1.165) is 21.5 Å². The van der Waals surface area contributed by atoms with Crippen molar-refractivity contribution in [3.05, 3.63) is 47.8 Å². The van der Waals surface area contributed by atoms with E-state index in [9.17, 15) is 4.79 Å². The Labute approximate surface area is 129 Å². The molecule has 1 aliphatic rings. The third-order valence-corrected chi connectivity index (χ3v) is 5.52. The van der Waals surface area contributed by atoms with Gasteiger partial charge in [0.25, 0.3) is 5.56 Å². The van der Waals surface area contributed by atoms with Crippen molar-refractivity contribution < 1.29 is 0 Å². The zero-order valence-electron chi connectivity index (χ0n) is 10.5. The van der Waals surface area contributed by atoms with Crippen molar-refractivity contribution in [3.8, 4) is 0 Å². The van der Waals surface area contributed by atoms with E-state index in [0.29, 0.717) is 5.92 Å². The molecule has 3 rings (SSSR count). The molecule has 0 aliphatic heterocycles. The Morgan fingerprint density at radius 2 is 2.21 bits per heavy atom. The molecule has 100 valence electrons. The maximum Gasteiger partial charge on any atom is 0.264 e. The van der Waals surface area contributed by atoms with Gasteiger partial charge in [-0.15, -0.1) is 11.3 Å². The van der Waals surface area contributed by atoms with Gasteiger partial charge in [-0.3, -0.25) is 4.79 Å². The number of hydrogen-bond donors (Lipinski definition) is 1. The summed E-state index contributed by atoms with van der Waals surface area (Å²) < 4.78 is 0.777. The van der Waals surface area contributed by atoms with Crippen LogP contribution < -0.4 is 5.56 Å². The number of nitrogens with zero attached hydrogens (tertiary/aromatic N) is 1. The van der Waals surface area contributed by atoms with Gasteiger partial charge >= 0.3 is 0 Å². The fourth-order valence-electron chi connectivity index (χ4n) is 2.66. The maximum atomic E-state index is 12.0. The third kappa shape index (κ3) is 2.91. The number of H-pyrrole nitrogens is 1. The highest BCUT2D eigenvalue weighted by Gasteiger charge is 2.22. The monoisotopic (exact) mass is 386 g/mol. The summed E-state index contributed by atoms with van der Waals surface area (Å²) in [6, 6.07) is 4.11. The van der Waals surface area contributed by atoms with Gasteiger partial charge in [0.05, 0.1) is 9.26 Å². The summed E-state index contributed by atoms with van der Waals surface area (Å²) in [5.41, 5.74) is 1.04. The van der Waals surface area contributed by atoms with Gasteiger partial charge in [0, 0.05) is 17.2 Å². The first-order valence-electron chi connectivity index (χ1n) is 6.55. The molecule has 2 aromatic heterocycles. The maximum absolute atomic E-state index is 12.0. The topological polar surface area (TPSA) is 45.8 Å². The summed E-state index contributed by atoms with van der Waals surface area (Å²) in [7, 11) is 0. The third-order valence-electron chi connectivity index (χ3n) is 3.60. The van der Waals surface area contributed by atoms with Crippen molar-refractivity contribution >= 4 is 33.9 Å². The molecule has 0 bridgehead atoms. The van der Waals surface area contributed by atoms with Gasteiger partial charge in [0.1, 0.15) is 5.82 Å². The quantitative estimate of drug-likeness (QED) is 0.818. The van der Waals surface area contributed by atoms with Crippen LogP contribution in [0, 0.1) is 3.57 Å². The lowest BCUT2D eigenvalue weighted by Gasteiger charge is -2.11. The SMILES string of the molecule is O=c1[nH]c(Cc2cccs2)nc(C2CCCC2)c1I. The number of hydrogen-bond acceptors (Lipinski definition) is 3. The number of halogens is 1. The normalized spacial score (nSPS) is 16.1. The minimum Gasteiger partial charge on any atom is -0.309 e. The van der Waals surface area contributed by atoms with Crippen LogP contribution in [0.3, 0.4) is 0 Å². The highest BCUT2D eigenvalue weighted by atomic mass is 127. The molecular formula is C14H15IN2OS. The Balaban J connectivity index is 1.95. The number of nitrogens with one attached hydrogen (secondary N) is 1. The smallest absolute Gasteiger partial charge is 0.264 e. The van der Waals surface area contributed by atoms with E-state index in [4.69, 9.17) is 4.98 Å². The average Bonchev–Trinajstić information content (AvgIpc) is 3.06. The summed E-state index contributed by atoms with van der Waals surface area (Å²) in [5.74, 6) is 1.28. The molecule has 0 aromatic carbocycles. The predicted molar refractivity (Wildman–Crippen MR) is 85.9 cm³/mol. The fraction of sp³-hybridized carbons (Fsp3) is 0.429. The summed E-state index contributed by atoms with van der Waals surface area (Å²) in [4.78, 5) is 20.9. The first kappa shape index (κ1) is 13.3. The summed E-state index contributed by atoms with van der Waals surface area (Å²) >= 11 is 3.84. The first-order valence-corrected chi connectivity index (χ1v) is 8.51. The standard InChI is InChI=1S/C14H15IN2OS/c15-12-13(9-4-1-2-5-9)16-11(17-14(12)18)8-10-6-3-7-19-10/h3,6-7,9H,1-2,4-5,8H2,(H,16,17,18). The molecule has 0 amide bonds. The predicted octanol–water partition coefficient (Wildman–Crippen LogP) is 3.68. The lowest BCUT2D eigenvalue weighted by Crippen LogP contribution is -2.19. The Morgan fingerprint density at radius 3 is 2.89 bits per heavy atom. The Hall–Kier alpha value is -0.690. The van der Waals surface area contributed by atoms with E-state index in [1.54, 1.807) is 11.3 Å². The lowest BCUT2D eigenvalue weighted by molar-refractivity contribution is 0.677. The molecule has 1 saturated carbocycles. The molecule has 2 heterocycles. The van der Waals surface area contributed by atoms with E-state index in [1.165, 1.54) is 30.6 Å². The van der Waals surface area contributed by atoms with Crippen molar-refractivity contribution in [1.29, 1.82) is 0 Å². The van der Waals surface area contributed by atoms with E-state index in [2.05, 4.69) is 39.0 Å². The molecule has 0 spiro atoms. The number of thiophene rings is 1. The molecule has 2 aromatic rings. The van der Waals surface area contributed by atoms with Crippen LogP contribution in [0.1, 0.15) is 48.0 Å². The minimum absolute atomic E-state index is 0.0176. The number of rotatable bonds is 3. The molecule has 0 radical (unpaired) electrons. The van der Waals surface area contributed by atoms with Crippen LogP contribution in [-0.4, -0.2) is 9.97 Å². The van der Waals surface area contributed by atoms with Gasteiger partial charge in [0.2, 0.25) is 0 Å². The van der Waals surface area contributed by atoms with Gasteiger partial charge in [0.15, 0.2) is 0 Å². The second kappa shape index (κ2) is 5.75.